The zero-order chi connectivity index (χ0) is 13.5. The van der Waals surface area contributed by atoms with Crippen molar-refractivity contribution in [2.45, 2.75) is 32.6 Å². The van der Waals surface area contributed by atoms with Gasteiger partial charge in [-0.15, -0.1) is 5.10 Å². The summed E-state index contributed by atoms with van der Waals surface area (Å²) in [5, 5.41) is 11.1. The number of carbonyl (C=O) groups excluding carboxylic acids is 1. The van der Waals surface area contributed by atoms with Crippen LogP contribution in [0.5, 0.6) is 0 Å². The lowest BCUT2D eigenvalue weighted by Gasteiger charge is -2.31. The van der Waals surface area contributed by atoms with Crippen LogP contribution >= 0.6 is 0 Å². The first-order chi connectivity index (χ1) is 9.70. The number of rotatable bonds is 0. The molecule has 1 aromatic heterocycles. The van der Waals surface area contributed by atoms with Gasteiger partial charge in [0.05, 0.1) is 5.52 Å². The predicted octanol–water partition coefficient (Wildman–Crippen LogP) is 2.66. The smallest absolute Gasteiger partial charge is 0.161 e. The van der Waals surface area contributed by atoms with Gasteiger partial charge in [-0.3, -0.25) is 9.89 Å². The van der Waals surface area contributed by atoms with Crippen molar-refractivity contribution in [2.75, 3.05) is 0 Å². The first-order valence-corrected chi connectivity index (χ1v) is 7.28. The summed E-state index contributed by atoms with van der Waals surface area (Å²) >= 11 is 0. The molecule has 100 valence electrons. The number of aromatic amines is 1. The Balaban J connectivity index is 1.88. The van der Waals surface area contributed by atoms with E-state index in [1.54, 1.807) is 0 Å². The Morgan fingerprint density at radius 2 is 2.30 bits per heavy atom. The van der Waals surface area contributed by atoms with Crippen LogP contribution in [0.25, 0.3) is 16.6 Å². The van der Waals surface area contributed by atoms with Gasteiger partial charge >= 0.3 is 0 Å². The van der Waals surface area contributed by atoms with Crippen LogP contribution in [-0.4, -0.2) is 21.2 Å². The number of nitrogens with zero attached hydrogens (tertiary/aromatic N) is 2. The lowest BCUT2D eigenvalue weighted by atomic mass is 9.71. The van der Waals surface area contributed by atoms with E-state index in [9.17, 15) is 4.79 Å². The average molecular weight is 265 g/mol. The molecule has 1 spiro atoms. The highest BCUT2D eigenvalue weighted by Gasteiger charge is 2.53. The molecule has 1 heterocycles. The van der Waals surface area contributed by atoms with Crippen LogP contribution < -0.4 is 0 Å². The van der Waals surface area contributed by atoms with Crippen LogP contribution in [0.2, 0.25) is 0 Å². The van der Waals surface area contributed by atoms with E-state index in [0.29, 0.717) is 5.78 Å². The molecule has 4 nitrogen and oxygen atoms in total. The molecule has 3 aliphatic carbocycles. The quantitative estimate of drug-likeness (QED) is 0.796. The third kappa shape index (κ3) is 1.04. The van der Waals surface area contributed by atoms with Gasteiger partial charge in [0.2, 0.25) is 0 Å². The molecule has 0 saturated heterocycles. The third-order valence-corrected chi connectivity index (χ3v) is 5.64. The Morgan fingerprint density at radius 1 is 1.40 bits per heavy atom. The van der Waals surface area contributed by atoms with Crippen LogP contribution in [-0.2, 0) is 11.2 Å². The molecule has 2 bridgehead atoms. The number of nitrogens with one attached hydrogen (secondary N) is 1. The maximum absolute atomic E-state index is 12.5. The first-order valence-electron chi connectivity index (χ1n) is 7.28. The number of aromatic nitrogens is 3. The summed E-state index contributed by atoms with van der Waals surface area (Å²) in [5.74, 6) is 0.641. The monoisotopic (exact) mass is 265 g/mol. The van der Waals surface area contributed by atoms with Crippen molar-refractivity contribution in [1.82, 2.24) is 15.4 Å². The number of fused-ring (bicyclic) bond motifs is 5. The Kier molecular flexibility index (Phi) is 1.72. The molecule has 2 atom stereocenters. The lowest BCUT2D eigenvalue weighted by Crippen LogP contribution is -2.26. The lowest BCUT2D eigenvalue weighted by molar-refractivity contribution is -0.119. The Bertz CT molecular complexity index is 816. The summed E-state index contributed by atoms with van der Waals surface area (Å²) in [6.45, 7) is 2.02. The van der Waals surface area contributed by atoms with Crippen LogP contribution in [0.4, 0.5) is 0 Å². The molecule has 3 aliphatic rings. The minimum Gasteiger partial charge on any atom is -0.294 e. The van der Waals surface area contributed by atoms with Crippen LogP contribution in [0.15, 0.2) is 17.7 Å². The predicted molar refractivity (Wildman–Crippen MR) is 75.0 cm³/mol. The zero-order valence-electron chi connectivity index (χ0n) is 11.4. The van der Waals surface area contributed by atoms with Crippen LogP contribution in [0.3, 0.4) is 0 Å². The second-order valence-electron chi connectivity index (χ2n) is 6.56. The van der Waals surface area contributed by atoms with Crippen molar-refractivity contribution in [2.24, 2.45) is 11.3 Å². The second-order valence-corrected chi connectivity index (χ2v) is 6.56. The number of ketones is 1. The highest BCUT2D eigenvalue weighted by molar-refractivity contribution is 6.09. The molecule has 0 radical (unpaired) electrons. The van der Waals surface area contributed by atoms with Crippen molar-refractivity contribution in [3.8, 4) is 0 Å². The van der Waals surface area contributed by atoms with E-state index in [0.717, 1.165) is 42.3 Å². The summed E-state index contributed by atoms with van der Waals surface area (Å²) < 4.78 is 0. The molecule has 1 saturated carbocycles. The highest BCUT2D eigenvalue weighted by atomic mass is 16.1. The summed E-state index contributed by atoms with van der Waals surface area (Å²) in [7, 11) is 0. The van der Waals surface area contributed by atoms with Crippen LogP contribution in [0.1, 0.15) is 37.3 Å². The number of allylic oxidation sites excluding steroid dienone is 2. The number of hydrogen-bond acceptors (Lipinski definition) is 3. The van der Waals surface area contributed by atoms with Gasteiger partial charge in [-0.2, -0.15) is 0 Å². The van der Waals surface area contributed by atoms with Crippen LogP contribution in [0, 0.1) is 11.3 Å². The van der Waals surface area contributed by atoms with Gasteiger partial charge in [-0.1, -0.05) is 11.3 Å². The topological polar surface area (TPSA) is 58.6 Å². The number of carbonyl (C=O) groups is 1. The maximum Gasteiger partial charge on any atom is 0.161 e. The van der Waals surface area contributed by atoms with E-state index in [-0.39, 0.29) is 11.3 Å². The second kappa shape index (κ2) is 3.19. The highest BCUT2D eigenvalue weighted by Crippen LogP contribution is 2.62. The Labute approximate surface area is 116 Å². The van der Waals surface area contributed by atoms with Crippen molar-refractivity contribution in [3.05, 3.63) is 28.8 Å². The van der Waals surface area contributed by atoms with E-state index in [1.807, 2.05) is 13.0 Å². The Hall–Kier alpha value is -1.97. The van der Waals surface area contributed by atoms with Gasteiger partial charge < -0.3 is 0 Å². The molecule has 2 unspecified atom stereocenters. The molecule has 0 aliphatic heterocycles. The molecule has 1 N–H and O–H groups in total. The van der Waals surface area contributed by atoms with Gasteiger partial charge in [0.15, 0.2) is 5.78 Å². The van der Waals surface area contributed by atoms with Crippen molar-refractivity contribution in [3.63, 3.8) is 0 Å². The fraction of sp³-hybridized carbons (Fsp3) is 0.438. The fourth-order valence-corrected chi connectivity index (χ4v) is 4.86. The summed E-state index contributed by atoms with van der Waals surface area (Å²) in [6, 6.07) is 4.19. The minimum absolute atomic E-state index is 0.207. The number of benzene rings is 1. The van der Waals surface area contributed by atoms with Gasteiger partial charge in [0.1, 0.15) is 5.52 Å². The molecule has 2 aromatic rings. The van der Waals surface area contributed by atoms with E-state index < -0.39 is 0 Å². The molecule has 0 amide bonds. The maximum atomic E-state index is 12.5. The number of hydrogen-bond donors (Lipinski definition) is 1. The molecule has 5 rings (SSSR count). The summed E-state index contributed by atoms with van der Waals surface area (Å²) in [4.78, 5) is 12.5. The third-order valence-electron chi connectivity index (χ3n) is 5.64. The fourth-order valence-electron chi connectivity index (χ4n) is 4.86. The molecular formula is C16H15N3O. The van der Waals surface area contributed by atoms with Crippen molar-refractivity contribution < 1.29 is 4.79 Å². The first kappa shape index (κ1) is 10.8. The molecular weight excluding hydrogens is 250 g/mol. The van der Waals surface area contributed by atoms with Gasteiger partial charge in [0.25, 0.3) is 0 Å². The van der Waals surface area contributed by atoms with Gasteiger partial charge in [0, 0.05) is 11.3 Å². The largest absolute Gasteiger partial charge is 0.294 e. The van der Waals surface area contributed by atoms with E-state index in [1.165, 1.54) is 16.7 Å². The normalized spacial score (nSPS) is 31.1. The van der Waals surface area contributed by atoms with Gasteiger partial charge in [-0.25, -0.2) is 0 Å². The minimum atomic E-state index is 0.207. The SMILES string of the molecule is CC1=C2c3ccc4[nH]nnc4c3CC23CCC(C3)C1=O. The number of H-pyrrole nitrogens is 1. The van der Waals surface area contributed by atoms with Gasteiger partial charge in [-0.05, 0) is 60.9 Å². The average Bonchev–Trinajstić information content (AvgIpc) is 3.11. The molecule has 20 heavy (non-hydrogen) atoms. The zero-order valence-corrected chi connectivity index (χ0v) is 11.4. The van der Waals surface area contributed by atoms with Crippen molar-refractivity contribution >= 4 is 22.4 Å². The van der Waals surface area contributed by atoms with Crippen molar-refractivity contribution in [1.29, 1.82) is 0 Å². The van der Waals surface area contributed by atoms with E-state index >= 15 is 0 Å². The standard InChI is InChI=1S/C16H15N3O/c1-8-13-10-2-3-12-14(18-19-17-12)11(10)7-16(13)5-4-9(6-16)15(8)20/h2-3,9H,4-7H2,1H3,(H,17,18,19). The number of Topliss-reactive ketones (excluding diaryl/α,β-unsaturated/α-hetero) is 1. The Morgan fingerprint density at radius 3 is 3.20 bits per heavy atom. The molecule has 1 fully saturated rings. The molecule has 4 heteroatoms. The van der Waals surface area contributed by atoms with E-state index in [4.69, 9.17) is 0 Å². The summed E-state index contributed by atoms with van der Waals surface area (Å²) in [6.07, 6.45) is 4.26. The van der Waals surface area contributed by atoms with E-state index in [2.05, 4.69) is 21.5 Å². The molecule has 1 aromatic carbocycles. The summed E-state index contributed by atoms with van der Waals surface area (Å²) in [5.41, 5.74) is 7.05.